The van der Waals surface area contributed by atoms with Gasteiger partial charge in [-0.15, -0.1) is 0 Å². The van der Waals surface area contributed by atoms with E-state index in [9.17, 15) is 9.59 Å². The molecule has 5 nitrogen and oxygen atoms in total. The zero-order chi connectivity index (χ0) is 22.0. The van der Waals surface area contributed by atoms with E-state index < -0.39 is 0 Å². The quantitative estimate of drug-likeness (QED) is 0.613. The lowest BCUT2D eigenvalue weighted by molar-refractivity contribution is 0.0687. The first-order chi connectivity index (χ1) is 15.0. The molecule has 1 aliphatic rings. The molecule has 0 bridgehead atoms. The second-order valence-electron chi connectivity index (χ2n) is 8.71. The van der Waals surface area contributed by atoms with Gasteiger partial charge in [-0.05, 0) is 76.1 Å². The largest absolute Gasteiger partial charge is 0.339 e. The van der Waals surface area contributed by atoms with Crippen LogP contribution in [-0.2, 0) is 13.0 Å². The molecule has 4 rings (SSSR count). The molecule has 0 atom stereocenters. The van der Waals surface area contributed by atoms with Crippen molar-refractivity contribution in [3.63, 3.8) is 0 Å². The molecule has 0 spiro atoms. The number of fused-ring (bicyclic) bond motifs is 1. The Balaban J connectivity index is 1.40. The van der Waals surface area contributed by atoms with Crippen LogP contribution in [0.25, 0.3) is 11.0 Å². The van der Waals surface area contributed by atoms with Crippen molar-refractivity contribution in [3.05, 3.63) is 75.2 Å². The molecule has 2 heterocycles. The number of hydrogen-bond donors (Lipinski definition) is 0. The maximum Gasteiger partial charge on any atom is 0.272 e. The lowest BCUT2D eigenvalue weighted by Crippen LogP contribution is -2.38. The Hall–Kier alpha value is -2.95. The first-order valence-electron chi connectivity index (χ1n) is 11.3. The smallest absolute Gasteiger partial charge is 0.272 e. The number of piperidine rings is 1. The van der Waals surface area contributed by atoms with Crippen LogP contribution in [0.2, 0.25) is 0 Å². The number of benzene rings is 2. The van der Waals surface area contributed by atoms with Gasteiger partial charge < -0.3 is 9.47 Å². The van der Waals surface area contributed by atoms with Crippen LogP contribution in [0.3, 0.4) is 0 Å². The van der Waals surface area contributed by atoms with Gasteiger partial charge in [-0.2, -0.15) is 0 Å². The molecule has 1 amide bonds. The number of rotatable bonds is 5. The van der Waals surface area contributed by atoms with Crippen molar-refractivity contribution in [1.29, 1.82) is 0 Å². The van der Waals surface area contributed by atoms with E-state index in [4.69, 9.17) is 0 Å². The highest BCUT2D eigenvalue weighted by molar-refractivity contribution is 5.97. The summed E-state index contributed by atoms with van der Waals surface area (Å²) in [5.74, 6) is 0.734. The minimum atomic E-state index is -0.0678. The maximum atomic E-state index is 13.1. The summed E-state index contributed by atoms with van der Waals surface area (Å²) in [6, 6.07) is 14.3. The molecule has 1 saturated heterocycles. The summed E-state index contributed by atoms with van der Waals surface area (Å²) >= 11 is 0. The van der Waals surface area contributed by atoms with Crippen molar-refractivity contribution in [2.24, 2.45) is 5.92 Å². The summed E-state index contributed by atoms with van der Waals surface area (Å²) in [5, 5.41) is 0. The van der Waals surface area contributed by atoms with E-state index in [1.165, 1.54) is 17.5 Å². The standard InChI is InChI=1S/C26H31N3O2/c1-4-29-24-12-11-22(17-23(24)27-19(3)25(29)30)26(31)28-15-13-21(14-16-28)10-9-20-7-5-18(2)6-8-20/h5-8,11-12,17,21H,4,9-10,13-16H2,1-3H3. The van der Waals surface area contributed by atoms with Gasteiger partial charge in [0.15, 0.2) is 0 Å². The number of amides is 1. The Morgan fingerprint density at radius 1 is 1.06 bits per heavy atom. The normalized spacial score (nSPS) is 14.9. The summed E-state index contributed by atoms with van der Waals surface area (Å²) < 4.78 is 1.71. The Bertz CT molecular complexity index is 1140. The van der Waals surface area contributed by atoms with Gasteiger partial charge in [0, 0.05) is 25.2 Å². The molecule has 3 aromatic rings. The van der Waals surface area contributed by atoms with Crippen LogP contribution in [0.4, 0.5) is 0 Å². The van der Waals surface area contributed by atoms with Crippen molar-refractivity contribution in [1.82, 2.24) is 14.5 Å². The number of aryl methyl sites for hydroxylation is 4. The van der Waals surface area contributed by atoms with E-state index in [-0.39, 0.29) is 11.5 Å². The first kappa shape index (κ1) is 21.3. The highest BCUT2D eigenvalue weighted by atomic mass is 16.2. The topological polar surface area (TPSA) is 55.2 Å². The van der Waals surface area contributed by atoms with E-state index in [1.54, 1.807) is 11.5 Å². The zero-order valence-corrected chi connectivity index (χ0v) is 18.7. The Labute approximate surface area is 183 Å². The Morgan fingerprint density at radius 3 is 2.45 bits per heavy atom. The third kappa shape index (κ3) is 4.55. The van der Waals surface area contributed by atoms with Gasteiger partial charge >= 0.3 is 0 Å². The SMILES string of the molecule is CCn1c(=O)c(C)nc2cc(C(=O)N3CCC(CCc4ccc(C)cc4)CC3)ccc21. The Kier molecular flexibility index (Phi) is 6.21. The van der Waals surface area contributed by atoms with E-state index in [1.807, 2.05) is 30.0 Å². The first-order valence-corrected chi connectivity index (χ1v) is 11.3. The van der Waals surface area contributed by atoms with E-state index in [0.717, 1.165) is 37.9 Å². The fraction of sp³-hybridized carbons (Fsp3) is 0.423. The van der Waals surface area contributed by atoms with Gasteiger partial charge in [0.25, 0.3) is 11.5 Å². The van der Waals surface area contributed by atoms with Crippen LogP contribution < -0.4 is 5.56 Å². The molecule has 0 radical (unpaired) electrons. The highest BCUT2D eigenvalue weighted by Crippen LogP contribution is 2.24. The molecule has 0 aliphatic carbocycles. The fourth-order valence-corrected chi connectivity index (χ4v) is 4.55. The minimum absolute atomic E-state index is 0.0626. The third-order valence-corrected chi connectivity index (χ3v) is 6.54. The van der Waals surface area contributed by atoms with E-state index in [0.29, 0.717) is 29.2 Å². The average molecular weight is 418 g/mol. The van der Waals surface area contributed by atoms with Crippen LogP contribution in [0.5, 0.6) is 0 Å². The predicted molar refractivity (Wildman–Crippen MR) is 125 cm³/mol. The lowest BCUT2D eigenvalue weighted by atomic mass is 9.90. The van der Waals surface area contributed by atoms with Crippen LogP contribution in [-0.4, -0.2) is 33.4 Å². The summed E-state index contributed by atoms with van der Waals surface area (Å²) in [6.45, 7) is 7.98. The zero-order valence-electron chi connectivity index (χ0n) is 18.7. The Morgan fingerprint density at radius 2 is 1.77 bits per heavy atom. The maximum absolute atomic E-state index is 13.1. The van der Waals surface area contributed by atoms with Crippen molar-refractivity contribution in [2.45, 2.75) is 53.0 Å². The van der Waals surface area contributed by atoms with Gasteiger partial charge in [-0.3, -0.25) is 9.59 Å². The van der Waals surface area contributed by atoms with Gasteiger partial charge in [-0.1, -0.05) is 29.8 Å². The summed E-state index contributed by atoms with van der Waals surface area (Å²) in [7, 11) is 0. The van der Waals surface area contributed by atoms with Crippen LogP contribution >= 0.6 is 0 Å². The molecule has 31 heavy (non-hydrogen) atoms. The second-order valence-corrected chi connectivity index (χ2v) is 8.71. The third-order valence-electron chi connectivity index (χ3n) is 6.54. The number of likely N-dealkylation sites (tertiary alicyclic amines) is 1. The summed E-state index contributed by atoms with van der Waals surface area (Å²) in [4.78, 5) is 31.8. The number of carbonyl (C=O) groups is 1. The van der Waals surface area contributed by atoms with Gasteiger partial charge in [0.1, 0.15) is 5.69 Å². The van der Waals surface area contributed by atoms with E-state index in [2.05, 4.69) is 36.2 Å². The lowest BCUT2D eigenvalue weighted by Gasteiger charge is -2.32. The molecule has 5 heteroatoms. The van der Waals surface area contributed by atoms with Crippen molar-refractivity contribution in [3.8, 4) is 0 Å². The molecule has 2 aromatic carbocycles. The number of aromatic nitrogens is 2. The number of nitrogens with zero attached hydrogens (tertiary/aromatic N) is 3. The van der Waals surface area contributed by atoms with Crippen LogP contribution in [0, 0.1) is 19.8 Å². The van der Waals surface area contributed by atoms with Crippen molar-refractivity contribution in [2.75, 3.05) is 13.1 Å². The molecule has 1 fully saturated rings. The van der Waals surface area contributed by atoms with Crippen LogP contribution in [0.1, 0.15) is 53.4 Å². The minimum Gasteiger partial charge on any atom is -0.339 e. The molecule has 162 valence electrons. The molecule has 0 N–H and O–H groups in total. The van der Waals surface area contributed by atoms with E-state index >= 15 is 0 Å². The molecule has 1 aliphatic heterocycles. The molecular weight excluding hydrogens is 386 g/mol. The van der Waals surface area contributed by atoms with Crippen molar-refractivity contribution >= 4 is 16.9 Å². The fourth-order valence-electron chi connectivity index (χ4n) is 4.55. The number of carbonyl (C=O) groups excluding carboxylic acids is 1. The van der Waals surface area contributed by atoms with Gasteiger partial charge in [0.05, 0.1) is 11.0 Å². The highest BCUT2D eigenvalue weighted by Gasteiger charge is 2.24. The van der Waals surface area contributed by atoms with Crippen molar-refractivity contribution < 1.29 is 4.79 Å². The van der Waals surface area contributed by atoms with Gasteiger partial charge in [-0.25, -0.2) is 4.98 Å². The summed E-state index contributed by atoms with van der Waals surface area (Å²) in [5.41, 5.74) is 5.23. The molecule has 1 aromatic heterocycles. The second kappa shape index (κ2) is 9.04. The van der Waals surface area contributed by atoms with Crippen LogP contribution in [0.15, 0.2) is 47.3 Å². The summed E-state index contributed by atoms with van der Waals surface area (Å²) in [6.07, 6.45) is 4.39. The average Bonchev–Trinajstić information content (AvgIpc) is 2.79. The van der Waals surface area contributed by atoms with Gasteiger partial charge in [0.2, 0.25) is 0 Å². The molecular formula is C26H31N3O2. The molecule has 0 unspecified atom stereocenters. The number of hydrogen-bond acceptors (Lipinski definition) is 3. The molecule has 0 saturated carbocycles. The monoisotopic (exact) mass is 417 g/mol. The predicted octanol–water partition coefficient (Wildman–Crippen LogP) is 4.52.